The van der Waals surface area contributed by atoms with Gasteiger partial charge in [-0.15, -0.1) is 0 Å². The van der Waals surface area contributed by atoms with Gasteiger partial charge in [-0.05, 0) is 13.0 Å². The first kappa shape index (κ1) is 13.1. The van der Waals surface area contributed by atoms with Gasteiger partial charge in [0, 0.05) is 12.3 Å². The van der Waals surface area contributed by atoms with Gasteiger partial charge in [0.1, 0.15) is 11.3 Å². The number of methoxy groups -OCH3 is 1. The molecule has 0 N–H and O–H groups in total. The van der Waals surface area contributed by atoms with Gasteiger partial charge in [0.15, 0.2) is 6.20 Å². The Balaban J connectivity index is 2.80. The van der Waals surface area contributed by atoms with Crippen LogP contribution in [0.5, 0.6) is 5.75 Å². The molecule has 0 bridgehead atoms. The summed E-state index contributed by atoms with van der Waals surface area (Å²) in [6, 6.07) is 5.29. The predicted molar refractivity (Wildman–Crippen MR) is 70.2 cm³/mol. The SMILES string of the molecule is CCOC(=O)c1c(C)[n+]([O-])cc2c(OC)cccc12. The zero-order valence-corrected chi connectivity index (χ0v) is 11.1. The lowest BCUT2D eigenvalue weighted by Gasteiger charge is -2.11. The largest absolute Gasteiger partial charge is 0.618 e. The molecule has 0 fully saturated rings. The van der Waals surface area contributed by atoms with Crippen LogP contribution >= 0.6 is 0 Å². The standard InChI is InChI=1S/C14H15NO4/c1-4-19-14(16)13-9(2)15(17)8-11-10(13)6-5-7-12(11)18-3/h5-8H,4H2,1-3H3. The number of benzene rings is 1. The van der Waals surface area contributed by atoms with E-state index in [-0.39, 0.29) is 12.2 Å². The third kappa shape index (κ3) is 2.19. The number of ether oxygens (including phenoxy) is 2. The van der Waals surface area contributed by atoms with E-state index < -0.39 is 5.97 Å². The molecule has 5 heteroatoms. The summed E-state index contributed by atoms with van der Waals surface area (Å²) < 4.78 is 10.9. The van der Waals surface area contributed by atoms with E-state index in [0.717, 1.165) is 0 Å². The zero-order chi connectivity index (χ0) is 14.0. The molecule has 0 saturated heterocycles. The Morgan fingerprint density at radius 1 is 1.37 bits per heavy atom. The molecule has 0 saturated carbocycles. The van der Waals surface area contributed by atoms with Crippen molar-refractivity contribution >= 4 is 16.7 Å². The molecule has 0 aliphatic rings. The number of aromatic nitrogens is 1. The Morgan fingerprint density at radius 2 is 2.11 bits per heavy atom. The minimum atomic E-state index is -0.497. The number of hydrogen-bond acceptors (Lipinski definition) is 4. The van der Waals surface area contributed by atoms with E-state index in [0.29, 0.717) is 26.9 Å². The minimum Gasteiger partial charge on any atom is -0.618 e. The van der Waals surface area contributed by atoms with Crippen LogP contribution in [0.25, 0.3) is 10.8 Å². The van der Waals surface area contributed by atoms with E-state index in [2.05, 4.69) is 0 Å². The van der Waals surface area contributed by atoms with Crippen molar-refractivity contribution in [2.75, 3.05) is 13.7 Å². The van der Waals surface area contributed by atoms with Gasteiger partial charge < -0.3 is 14.7 Å². The van der Waals surface area contributed by atoms with Gasteiger partial charge in [-0.3, -0.25) is 0 Å². The van der Waals surface area contributed by atoms with Crippen molar-refractivity contribution in [2.24, 2.45) is 0 Å². The molecule has 0 atom stereocenters. The minimum absolute atomic E-state index is 0.261. The molecule has 0 spiro atoms. The maximum atomic E-state index is 12.0. The second kappa shape index (κ2) is 5.14. The third-order valence-electron chi connectivity index (χ3n) is 2.97. The molecular formula is C14H15NO4. The molecule has 2 aromatic rings. The van der Waals surface area contributed by atoms with Gasteiger partial charge in [-0.2, -0.15) is 4.73 Å². The fraction of sp³-hybridized carbons (Fsp3) is 0.286. The van der Waals surface area contributed by atoms with Crippen LogP contribution in [0, 0.1) is 12.1 Å². The summed E-state index contributed by atoms with van der Waals surface area (Å²) >= 11 is 0. The van der Waals surface area contributed by atoms with Crippen LogP contribution in [-0.4, -0.2) is 19.7 Å². The summed E-state index contributed by atoms with van der Waals surface area (Å²) in [4.78, 5) is 12.0. The number of fused-ring (bicyclic) bond motifs is 1. The van der Waals surface area contributed by atoms with Gasteiger partial charge in [0.05, 0.1) is 19.1 Å². The Morgan fingerprint density at radius 3 is 2.74 bits per heavy atom. The summed E-state index contributed by atoms with van der Waals surface area (Å²) in [6.45, 7) is 3.58. The highest BCUT2D eigenvalue weighted by Crippen LogP contribution is 2.28. The Bertz CT molecular complexity index is 637. The summed E-state index contributed by atoms with van der Waals surface area (Å²) in [5.41, 5.74) is 0.604. The van der Waals surface area contributed by atoms with Crippen LogP contribution < -0.4 is 9.47 Å². The first-order chi connectivity index (χ1) is 9.10. The molecule has 0 aliphatic carbocycles. The van der Waals surface area contributed by atoms with E-state index in [4.69, 9.17) is 9.47 Å². The molecule has 2 rings (SSSR count). The Hall–Kier alpha value is -2.30. The molecule has 1 aromatic heterocycles. The first-order valence-corrected chi connectivity index (χ1v) is 5.96. The lowest BCUT2D eigenvalue weighted by atomic mass is 10.0. The van der Waals surface area contributed by atoms with Crippen molar-refractivity contribution in [3.63, 3.8) is 0 Å². The van der Waals surface area contributed by atoms with E-state index >= 15 is 0 Å². The maximum absolute atomic E-state index is 12.0. The average Bonchev–Trinajstić information content (AvgIpc) is 2.39. The predicted octanol–water partition coefficient (Wildman–Crippen LogP) is 1.97. The Kier molecular flexibility index (Phi) is 3.55. The van der Waals surface area contributed by atoms with Gasteiger partial charge in [-0.25, -0.2) is 4.79 Å². The summed E-state index contributed by atoms with van der Waals surface area (Å²) in [5.74, 6) is 0.0519. The lowest BCUT2D eigenvalue weighted by Crippen LogP contribution is -2.32. The molecular weight excluding hydrogens is 246 g/mol. The third-order valence-corrected chi connectivity index (χ3v) is 2.97. The number of carbonyl (C=O) groups is 1. The van der Waals surface area contributed by atoms with Crippen LogP contribution in [0.3, 0.4) is 0 Å². The number of rotatable bonds is 3. The molecule has 1 heterocycles. The maximum Gasteiger partial charge on any atom is 0.345 e. The highest BCUT2D eigenvalue weighted by molar-refractivity contribution is 6.06. The second-order valence-electron chi connectivity index (χ2n) is 4.06. The summed E-state index contributed by atoms with van der Waals surface area (Å²) in [5, 5.41) is 13.1. The van der Waals surface area contributed by atoms with Crippen molar-refractivity contribution in [1.82, 2.24) is 0 Å². The van der Waals surface area contributed by atoms with Crippen molar-refractivity contribution in [3.8, 4) is 5.75 Å². The van der Waals surface area contributed by atoms with Crippen LogP contribution in [-0.2, 0) is 4.74 Å². The van der Waals surface area contributed by atoms with E-state index in [1.807, 2.05) is 0 Å². The van der Waals surface area contributed by atoms with Gasteiger partial charge >= 0.3 is 5.97 Å². The average molecular weight is 261 g/mol. The normalized spacial score (nSPS) is 10.5. The number of hydrogen-bond donors (Lipinski definition) is 0. The topological polar surface area (TPSA) is 62.5 Å². The van der Waals surface area contributed by atoms with Crippen molar-refractivity contribution in [2.45, 2.75) is 13.8 Å². The summed E-state index contributed by atoms with van der Waals surface area (Å²) in [7, 11) is 1.52. The number of pyridine rings is 1. The fourth-order valence-corrected chi connectivity index (χ4v) is 2.05. The van der Waals surface area contributed by atoms with Crippen molar-refractivity contribution in [3.05, 3.63) is 40.9 Å². The number of nitrogens with zero attached hydrogens (tertiary/aromatic N) is 1. The van der Waals surface area contributed by atoms with E-state index in [1.54, 1.807) is 32.0 Å². The monoisotopic (exact) mass is 261 g/mol. The van der Waals surface area contributed by atoms with E-state index in [9.17, 15) is 10.0 Å². The molecule has 0 amide bonds. The number of esters is 1. The number of carbonyl (C=O) groups excluding carboxylic acids is 1. The molecule has 0 radical (unpaired) electrons. The van der Waals surface area contributed by atoms with Crippen LogP contribution in [0.2, 0.25) is 0 Å². The molecule has 0 unspecified atom stereocenters. The first-order valence-electron chi connectivity index (χ1n) is 5.96. The van der Waals surface area contributed by atoms with Crippen LogP contribution in [0.4, 0.5) is 0 Å². The molecule has 1 aromatic carbocycles. The zero-order valence-electron chi connectivity index (χ0n) is 11.1. The lowest BCUT2D eigenvalue weighted by molar-refractivity contribution is -0.610. The van der Waals surface area contributed by atoms with Crippen molar-refractivity contribution < 1.29 is 19.0 Å². The van der Waals surface area contributed by atoms with Crippen molar-refractivity contribution in [1.29, 1.82) is 0 Å². The fourth-order valence-electron chi connectivity index (χ4n) is 2.05. The highest BCUT2D eigenvalue weighted by atomic mass is 16.5. The van der Waals surface area contributed by atoms with Gasteiger partial charge in [0.2, 0.25) is 5.69 Å². The molecule has 100 valence electrons. The molecule has 19 heavy (non-hydrogen) atoms. The Labute approximate surface area is 111 Å². The van der Waals surface area contributed by atoms with Gasteiger partial charge in [-0.1, -0.05) is 12.1 Å². The smallest absolute Gasteiger partial charge is 0.345 e. The highest BCUT2D eigenvalue weighted by Gasteiger charge is 2.22. The molecule has 5 nitrogen and oxygen atoms in total. The summed E-state index contributed by atoms with van der Waals surface area (Å²) in [6.07, 6.45) is 1.41. The van der Waals surface area contributed by atoms with Crippen LogP contribution in [0.1, 0.15) is 23.0 Å². The van der Waals surface area contributed by atoms with Crippen LogP contribution in [0.15, 0.2) is 24.4 Å². The second-order valence-corrected chi connectivity index (χ2v) is 4.06. The van der Waals surface area contributed by atoms with Gasteiger partial charge in [0.25, 0.3) is 0 Å². The van der Waals surface area contributed by atoms with E-state index in [1.165, 1.54) is 13.3 Å². The molecule has 0 aliphatic heterocycles. The quantitative estimate of drug-likeness (QED) is 0.481.